The summed E-state index contributed by atoms with van der Waals surface area (Å²) >= 11 is 18.4. The summed E-state index contributed by atoms with van der Waals surface area (Å²) in [4.78, 5) is 8.58. The molecule has 1 fully saturated rings. The molecule has 0 saturated carbocycles. The van der Waals surface area contributed by atoms with E-state index in [9.17, 15) is 0 Å². The average molecular weight is 346 g/mol. The van der Waals surface area contributed by atoms with Crippen LogP contribution >= 0.6 is 34.8 Å². The van der Waals surface area contributed by atoms with Crippen LogP contribution in [-0.2, 0) is 9.47 Å². The summed E-state index contributed by atoms with van der Waals surface area (Å²) in [5.74, 6) is 0.433. The Morgan fingerprint density at radius 1 is 0.952 bits per heavy atom. The van der Waals surface area contributed by atoms with E-state index in [4.69, 9.17) is 44.3 Å². The van der Waals surface area contributed by atoms with Crippen LogP contribution in [0.4, 0.5) is 0 Å². The van der Waals surface area contributed by atoms with Gasteiger partial charge in [-0.3, -0.25) is 0 Å². The van der Waals surface area contributed by atoms with Crippen molar-refractivity contribution in [2.75, 3.05) is 19.8 Å². The molecule has 4 nitrogen and oxygen atoms in total. The number of benzene rings is 1. The van der Waals surface area contributed by atoms with Crippen molar-refractivity contribution in [2.45, 2.75) is 6.10 Å². The first kappa shape index (κ1) is 15.0. The van der Waals surface area contributed by atoms with Gasteiger partial charge in [-0.1, -0.05) is 46.9 Å². The Hall–Kier alpha value is -0.910. The highest BCUT2D eigenvalue weighted by molar-refractivity contribution is 6.37. The van der Waals surface area contributed by atoms with Crippen molar-refractivity contribution in [1.29, 1.82) is 0 Å². The van der Waals surface area contributed by atoms with E-state index in [1.165, 1.54) is 0 Å². The SMILES string of the molecule is Clc1ccc(-c2c(Cl)nc(C3COCCO3)nc2Cl)cc1. The van der Waals surface area contributed by atoms with Crippen LogP contribution in [0.3, 0.4) is 0 Å². The molecule has 0 aliphatic carbocycles. The molecule has 110 valence electrons. The molecule has 1 aliphatic rings. The molecule has 1 unspecified atom stereocenters. The van der Waals surface area contributed by atoms with E-state index in [-0.39, 0.29) is 16.4 Å². The van der Waals surface area contributed by atoms with Gasteiger partial charge in [-0.05, 0) is 17.7 Å². The number of halogens is 3. The maximum atomic E-state index is 6.26. The molecule has 3 rings (SSSR count). The topological polar surface area (TPSA) is 44.2 Å². The minimum atomic E-state index is -0.340. The molecule has 1 aromatic carbocycles. The molecule has 0 amide bonds. The fourth-order valence-corrected chi connectivity index (χ4v) is 2.80. The zero-order valence-corrected chi connectivity index (χ0v) is 13.1. The second-order valence-corrected chi connectivity index (χ2v) is 5.63. The maximum absolute atomic E-state index is 6.26. The normalized spacial score (nSPS) is 18.7. The average Bonchev–Trinajstić information content (AvgIpc) is 2.49. The van der Waals surface area contributed by atoms with Crippen LogP contribution in [0, 0.1) is 0 Å². The van der Waals surface area contributed by atoms with E-state index in [0.29, 0.717) is 36.2 Å². The Morgan fingerprint density at radius 3 is 2.19 bits per heavy atom. The number of ether oxygens (including phenoxy) is 2. The summed E-state index contributed by atoms with van der Waals surface area (Å²) in [6, 6.07) is 7.16. The smallest absolute Gasteiger partial charge is 0.162 e. The van der Waals surface area contributed by atoms with Gasteiger partial charge in [0, 0.05) is 5.02 Å². The molecule has 0 bridgehead atoms. The third kappa shape index (κ3) is 3.30. The van der Waals surface area contributed by atoms with Gasteiger partial charge in [-0.2, -0.15) is 0 Å². The van der Waals surface area contributed by atoms with Gasteiger partial charge >= 0.3 is 0 Å². The molecule has 0 spiro atoms. The molecule has 1 aliphatic heterocycles. The standard InChI is InChI=1S/C14H11Cl3N2O2/c15-9-3-1-8(2-4-9)11-12(16)18-14(19-13(11)17)10-7-20-5-6-21-10/h1-4,10H,5-7H2. The molecular formula is C14H11Cl3N2O2. The summed E-state index contributed by atoms with van der Waals surface area (Å²) in [5.41, 5.74) is 1.39. The fourth-order valence-electron chi connectivity index (χ4n) is 2.06. The van der Waals surface area contributed by atoms with Gasteiger partial charge in [0.05, 0.1) is 25.4 Å². The highest BCUT2D eigenvalue weighted by atomic mass is 35.5. The third-order valence-electron chi connectivity index (χ3n) is 3.07. The lowest BCUT2D eigenvalue weighted by Gasteiger charge is -2.22. The first-order chi connectivity index (χ1) is 10.1. The van der Waals surface area contributed by atoms with Crippen LogP contribution in [0.5, 0.6) is 0 Å². The molecule has 1 saturated heterocycles. The summed E-state index contributed by atoms with van der Waals surface area (Å²) in [6.07, 6.45) is -0.340. The van der Waals surface area contributed by atoms with Crippen molar-refractivity contribution in [3.05, 3.63) is 45.4 Å². The number of hydrogen-bond donors (Lipinski definition) is 0. The lowest BCUT2D eigenvalue weighted by atomic mass is 10.1. The number of hydrogen-bond acceptors (Lipinski definition) is 4. The monoisotopic (exact) mass is 344 g/mol. The Balaban J connectivity index is 1.97. The number of nitrogens with zero attached hydrogens (tertiary/aromatic N) is 2. The van der Waals surface area contributed by atoms with Crippen LogP contribution in [0.1, 0.15) is 11.9 Å². The van der Waals surface area contributed by atoms with Gasteiger partial charge in [0.1, 0.15) is 16.4 Å². The molecule has 2 aromatic rings. The lowest BCUT2D eigenvalue weighted by Crippen LogP contribution is -2.23. The van der Waals surface area contributed by atoms with Crippen LogP contribution in [0.15, 0.2) is 24.3 Å². The van der Waals surface area contributed by atoms with Crippen molar-refractivity contribution < 1.29 is 9.47 Å². The molecule has 1 atom stereocenters. The molecule has 2 heterocycles. The Labute approximate surface area is 137 Å². The Morgan fingerprint density at radius 2 is 1.62 bits per heavy atom. The van der Waals surface area contributed by atoms with Crippen molar-refractivity contribution in [1.82, 2.24) is 9.97 Å². The van der Waals surface area contributed by atoms with Gasteiger partial charge in [0.25, 0.3) is 0 Å². The van der Waals surface area contributed by atoms with Crippen LogP contribution in [-0.4, -0.2) is 29.8 Å². The van der Waals surface area contributed by atoms with E-state index in [0.717, 1.165) is 5.56 Å². The summed E-state index contributed by atoms with van der Waals surface area (Å²) in [7, 11) is 0. The molecule has 0 radical (unpaired) electrons. The van der Waals surface area contributed by atoms with Gasteiger partial charge in [0.2, 0.25) is 0 Å². The first-order valence-electron chi connectivity index (χ1n) is 6.33. The summed E-state index contributed by atoms with van der Waals surface area (Å²) in [5, 5.41) is 1.19. The highest BCUT2D eigenvalue weighted by Gasteiger charge is 2.23. The van der Waals surface area contributed by atoms with E-state index in [2.05, 4.69) is 9.97 Å². The molecule has 7 heteroatoms. The minimum absolute atomic E-state index is 0.279. The van der Waals surface area contributed by atoms with Gasteiger partial charge in [0.15, 0.2) is 5.82 Å². The van der Waals surface area contributed by atoms with E-state index < -0.39 is 0 Å². The largest absolute Gasteiger partial charge is 0.376 e. The highest BCUT2D eigenvalue weighted by Crippen LogP contribution is 2.34. The maximum Gasteiger partial charge on any atom is 0.162 e. The Kier molecular flexibility index (Phi) is 4.62. The minimum Gasteiger partial charge on any atom is -0.376 e. The summed E-state index contributed by atoms with van der Waals surface area (Å²) < 4.78 is 10.9. The predicted molar refractivity (Wildman–Crippen MR) is 82.0 cm³/mol. The lowest BCUT2D eigenvalue weighted by molar-refractivity contribution is -0.0935. The molecular weight excluding hydrogens is 335 g/mol. The van der Waals surface area contributed by atoms with Crippen molar-refractivity contribution in [2.24, 2.45) is 0 Å². The molecule has 1 aromatic heterocycles. The van der Waals surface area contributed by atoms with Gasteiger partial charge in [-0.15, -0.1) is 0 Å². The van der Waals surface area contributed by atoms with Crippen LogP contribution in [0.2, 0.25) is 15.3 Å². The summed E-state index contributed by atoms with van der Waals surface area (Å²) in [6.45, 7) is 1.47. The fraction of sp³-hybridized carbons (Fsp3) is 0.286. The van der Waals surface area contributed by atoms with Crippen LogP contribution in [0.25, 0.3) is 11.1 Å². The first-order valence-corrected chi connectivity index (χ1v) is 7.47. The van der Waals surface area contributed by atoms with E-state index in [1.54, 1.807) is 12.1 Å². The van der Waals surface area contributed by atoms with Crippen molar-refractivity contribution in [3.63, 3.8) is 0 Å². The Bertz CT molecular complexity index is 620. The molecule has 21 heavy (non-hydrogen) atoms. The second kappa shape index (κ2) is 6.46. The van der Waals surface area contributed by atoms with E-state index in [1.807, 2.05) is 12.1 Å². The van der Waals surface area contributed by atoms with E-state index >= 15 is 0 Å². The van der Waals surface area contributed by atoms with Gasteiger partial charge < -0.3 is 9.47 Å². The van der Waals surface area contributed by atoms with Crippen molar-refractivity contribution in [3.8, 4) is 11.1 Å². The van der Waals surface area contributed by atoms with Crippen molar-refractivity contribution >= 4 is 34.8 Å². The second-order valence-electron chi connectivity index (χ2n) is 4.48. The van der Waals surface area contributed by atoms with Gasteiger partial charge in [-0.25, -0.2) is 9.97 Å². The quantitative estimate of drug-likeness (QED) is 0.766. The zero-order chi connectivity index (χ0) is 14.8. The zero-order valence-electron chi connectivity index (χ0n) is 10.9. The predicted octanol–water partition coefficient (Wildman–Crippen LogP) is 4.19. The van der Waals surface area contributed by atoms with Crippen LogP contribution < -0.4 is 0 Å². The molecule has 0 N–H and O–H groups in total. The number of aromatic nitrogens is 2. The number of rotatable bonds is 2. The third-order valence-corrected chi connectivity index (χ3v) is 3.87.